The predicted octanol–water partition coefficient (Wildman–Crippen LogP) is 2.88. The van der Waals surface area contributed by atoms with E-state index in [1.54, 1.807) is 6.26 Å². The lowest BCUT2D eigenvalue weighted by atomic mass is 9.84. The summed E-state index contributed by atoms with van der Waals surface area (Å²) < 4.78 is 5.50. The fourth-order valence-corrected chi connectivity index (χ4v) is 5.47. The van der Waals surface area contributed by atoms with Crippen LogP contribution >= 0.6 is 0 Å². The minimum absolute atomic E-state index is 0.264. The molecular formula is C20H30N2O3. The Labute approximate surface area is 150 Å². The van der Waals surface area contributed by atoms with Crippen LogP contribution in [0.5, 0.6) is 0 Å². The monoisotopic (exact) mass is 346 g/mol. The van der Waals surface area contributed by atoms with Gasteiger partial charge in [0.25, 0.3) is 0 Å². The molecule has 1 N–H and O–H groups in total. The van der Waals surface area contributed by atoms with E-state index in [1.165, 1.54) is 6.42 Å². The maximum atomic E-state index is 13.0. The normalized spacial score (nSPS) is 38.9. The van der Waals surface area contributed by atoms with Gasteiger partial charge in [-0.1, -0.05) is 0 Å². The van der Waals surface area contributed by atoms with Gasteiger partial charge >= 0.3 is 0 Å². The molecule has 0 aliphatic carbocycles. The van der Waals surface area contributed by atoms with Crippen LogP contribution < -0.4 is 0 Å². The van der Waals surface area contributed by atoms with Crippen molar-refractivity contribution in [3.63, 3.8) is 0 Å². The number of nitrogens with zero attached hydrogens (tertiary/aromatic N) is 2. The van der Waals surface area contributed by atoms with Crippen molar-refractivity contribution in [2.24, 2.45) is 0 Å². The molecule has 5 heteroatoms. The summed E-state index contributed by atoms with van der Waals surface area (Å²) in [7, 11) is 0. The molecule has 138 valence electrons. The number of aliphatic hydroxyl groups is 1. The molecule has 4 rings (SSSR count). The Morgan fingerprint density at radius 3 is 2.40 bits per heavy atom. The number of hydrogen-bond donors (Lipinski definition) is 1. The van der Waals surface area contributed by atoms with Crippen molar-refractivity contribution >= 4 is 5.91 Å². The van der Waals surface area contributed by atoms with Crippen molar-refractivity contribution in [3.05, 3.63) is 24.2 Å². The molecule has 3 aliphatic heterocycles. The van der Waals surface area contributed by atoms with Crippen LogP contribution in [0, 0.1) is 0 Å². The van der Waals surface area contributed by atoms with E-state index in [4.69, 9.17) is 4.42 Å². The molecule has 3 saturated heterocycles. The summed E-state index contributed by atoms with van der Waals surface area (Å²) >= 11 is 0. The maximum Gasteiger partial charge on any atom is 0.237 e. The second kappa shape index (κ2) is 6.44. The number of amides is 1. The van der Waals surface area contributed by atoms with Crippen molar-refractivity contribution in [1.82, 2.24) is 9.80 Å². The van der Waals surface area contributed by atoms with E-state index in [2.05, 4.69) is 23.6 Å². The number of rotatable bonds is 3. The van der Waals surface area contributed by atoms with Gasteiger partial charge in [0, 0.05) is 24.2 Å². The van der Waals surface area contributed by atoms with Gasteiger partial charge in [-0.05, 0) is 70.9 Å². The first-order valence-electron chi connectivity index (χ1n) is 9.81. The first-order valence-corrected chi connectivity index (χ1v) is 9.81. The Hall–Kier alpha value is -1.33. The quantitative estimate of drug-likeness (QED) is 0.914. The smallest absolute Gasteiger partial charge is 0.237 e. The zero-order chi connectivity index (χ0) is 17.6. The Morgan fingerprint density at radius 1 is 1.20 bits per heavy atom. The largest absolute Gasteiger partial charge is 0.466 e. The van der Waals surface area contributed by atoms with Crippen LogP contribution in [-0.4, -0.2) is 51.5 Å². The van der Waals surface area contributed by atoms with Gasteiger partial charge in [0.15, 0.2) is 0 Å². The van der Waals surface area contributed by atoms with Crippen LogP contribution in [0.25, 0.3) is 0 Å². The molecule has 0 saturated carbocycles. The second-order valence-corrected chi connectivity index (χ2v) is 8.40. The topological polar surface area (TPSA) is 56.9 Å². The summed E-state index contributed by atoms with van der Waals surface area (Å²) in [6.45, 7) is 4.85. The number of likely N-dealkylation sites (tertiary alicyclic amines) is 1. The highest BCUT2D eigenvalue weighted by atomic mass is 16.4. The maximum absolute atomic E-state index is 13.0. The van der Waals surface area contributed by atoms with Crippen LogP contribution in [0.1, 0.15) is 64.6 Å². The third-order valence-corrected chi connectivity index (χ3v) is 6.70. The van der Waals surface area contributed by atoms with Gasteiger partial charge in [-0.15, -0.1) is 0 Å². The van der Waals surface area contributed by atoms with Crippen LogP contribution in [0.3, 0.4) is 0 Å². The van der Waals surface area contributed by atoms with Crippen molar-refractivity contribution in [2.45, 2.75) is 88.6 Å². The van der Waals surface area contributed by atoms with E-state index < -0.39 is 5.60 Å². The molecule has 5 nitrogen and oxygen atoms in total. The van der Waals surface area contributed by atoms with Crippen molar-refractivity contribution in [3.8, 4) is 0 Å². The van der Waals surface area contributed by atoms with Gasteiger partial charge in [-0.2, -0.15) is 0 Å². The fraction of sp³-hybridized carbons (Fsp3) is 0.750. The summed E-state index contributed by atoms with van der Waals surface area (Å²) in [6.07, 6.45) is 8.52. The van der Waals surface area contributed by atoms with Gasteiger partial charge in [-0.3, -0.25) is 9.69 Å². The average Bonchev–Trinajstić information content (AvgIpc) is 3.17. The highest BCUT2D eigenvalue weighted by molar-refractivity contribution is 5.79. The van der Waals surface area contributed by atoms with Crippen LogP contribution in [0.2, 0.25) is 0 Å². The van der Waals surface area contributed by atoms with E-state index in [0.717, 1.165) is 25.7 Å². The zero-order valence-corrected chi connectivity index (χ0v) is 15.4. The van der Waals surface area contributed by atoms with E-state index in [-0.39, 0.29) is 18.0 Å². The molecule has 4 heterocycles. The molecule has 1 aromatic rings. The Kier molecular flexibility index (Phi) is 4.40. The second-order valence-electron chi connectivity index (χ2n) is 8.40. The molecule has 3 aliphatic rings. The number of carbonyl (C=O) groups excluding carboxylic acids is 1. The third-order valence-electron chi connectivity index (χ3n) is 6.70. The highest BCUT2D eigenvalue weighted by Crippen LogP contribution is 2.45. The average molecular weight is 346 g/mol. The summed E-state index contributed by atoms with van der Waals surface area (Å²) in [4.78, 5) is 17.5. The lowest BCUT2D eigenvalue weighted by Crippen LogP contribution is -2.55. The fourth-order valence-electron chi connectivity index (χ4n) is 5.47. The summed E-state index contributed by atoms with van der Waals surface area (Å²) in [5, 5.41) is 11.1. The SMILES string of the molecule is C[C@@H]1CCC[C@@H](C)N1C(=O)CN1[C@@H]2CC[C@@H]1CC(O)(c1ccco1)C2. The molecule has 1 amide bonds. The van der Waals surface area contributed by atoms with E-state index in [1.807, 2.05) is 12.1 Å². The Morgan fingerprint density at radius 2 is 1.84 bits per heavy atom. The van der Waals surface area contributed by atoms with Crippen molar-refractivity contribution in [2.75, 3.05) is 6.54 Å². The van der Waals surface area contributed by atoms with E-state index in [0.29, 0.717) is 37.2 Å². The number of furan rings is 1. The molecule has 4 atom stereocenters. The molecule has 0 radical (unpaired) electrons. The summed E-state index contributed by atoms with van der Waals surface area (Å²) in [5.41, 5.74) is -0.874. The van der Waals surface area contributed by atoms with Gasteiger partial charge in [0.05, 0.1) is 12.8 Å². The Bertz CT molecular complexity index is 590. The standard InChI is InChI=1S/C20H30N2O3/c1-14-5-3-6-15(2)22(14)19(23)13-21-16-8-9-17(21)12-20(24,11-16)18-7-4-10-25-18/h4,7,10,14-17,24H,3,5-6,8-9,11-13H2,1-2H3/t14-,15-,16-,17-/m1/s1. The lowest BCUT2D eigenvalue weighted by molar-refractivity contribution is -0.142. The molecule has 1 aromatic heterocycles. The molecule has 25 heavy (non-hydrogen) atoms. The molecule has 0 aromatic carbocycles. The summed E-state index contributed by atoms with van der Waals surface area (Å²) in [5.74, 6) is 0.939. The van der Waals surface area contributed by atoms with Gasteiger partial charge in [0.2, 0.25) is 5.91 Å². The summed E-state index contributed by atoms with van der Waals surface area (Å²) in [6, 6.07) is 4.94. The number of carbonyl (C=O) groups is 1. The number of piperidine rings is 2. The molecular weight excluding hydrogens is 316 g/mol. The minimum atomic E-state index is -0.874. The number of fused-ring (bicyclic) bond motifs is 2. The highest BCUT2D eigenvalue weighted by Gasteiger charge is 2.50. The zero-order valence-electron chi connectivity index (χ0n) is 15.4. The predicted molar refractivity (Wildman–Crippen MR) is 95.0 cm³/mol. The van der Waals surface area contributed by atoms with Crippen molar-refractivity contribution < 1.29 is 14.3 Å². The van der Waals surface area contributed by atoms with Gasteiger partial charge in [-0.25, -0.2) is 0 Å². The van der Waals surface area contributed by atoms with E-state index >= 15 is 0 Å². The first kappa shape index (κ1) is 17.1. The van der Waals surface area contributed by atoms with E-state index in [9.17, 15) is 9.90 Å². The number of hydrogen-bond acceptors (Lipinski definition) is 4. The van der Waals surface area contributed by atoms with Crippen LogP contribution in [0.4, 0.5) is 0 Å². The molecule has 0 unspecified atom stereocenters. The Balaban J connectivity index is 1.45. The minimum Gasteiger partial charge on any atom is -0.466 e. The van der Waals surface area contributed by atoms with Crippen LogP contribution in [0.15, 0.2) is 22.8 Å². The van der Waals surface area contributed by atoms with Crippen LogP contribution in [-0.2, 0) is 10.4 Å². The van der Waals surface area contributed by atoms with Gasteiger partial charge in [0.1, 0.15) is 11.4 Å². The lowest BCUT2D eigenvalue weighted by Gasteiger charge is -2.45. The third kappa shape index (κ3) is 3.02. The molecule has 3 fully saturated rings. The van der Waals surface area contributed by atoms with Crippen molar-refractivity contribution in [1.29, 1.82) is 0 Å². The van der Waals surface area contributed by atoms with Gasteiger partial charge < -0.3 is 14.4 Å². The molecule has 0 spiro atoms. The first-order chi connectivity index (χ1) is 12.0. The molecule has 2 bridgehead atoms.